The van der Waals surface area contributed by atoms with Gasteiger partial charge in [0.25, 0.3) is 0 Å². The van der Waals surface area contributed by atoms with Crippen LogP contribution in [-0.4, -0.2) is 30.5 Å². The van der Waals surface area contributed by atoms with Gasteiger partial charge < -0.3 is 10.1 Å². The van der Waals surface area contributed by atoms with Crippen molar-refractivity contribution in [2.75, 3.05) is 19.1 Å². The summed E-state index contributed by atoms with van der Waals surface area (Å²) in [6, 6.07) is 0. The Kier molecular flexibility index (Phi) is 4.04. The predicted octanol–water partition coefficient (Wildman–Crippen LogP) is 2.72. The molecule has 1 heterocycles. The second-order valence-corrected chi connectivity index (χ2v) is 6.98. The smallest absolute Gasteiger partial charge is 0.220 e. The van der Waals surface area contributed by atoms with Gasteiger partial charge in [-0.3, -0.25) is 4.79 Å². The Hall–Kier alpha value is -0.280. The summed E-state index contributed by atoms with van der Waals surface area (Å²) in [5.41, 5.74) is -0.214. The molecule has 4 heteroatoms. The Morgan fingerprint density at radius 3 is 2.63 bits per heavy atom. The Bertz CT molecular complexity index is 341. The monoisotopic (exact) mass is 285 g/mol. The van der Waals surface area contributed by atoms with Crippen LogP contribution in [0.4, 0.5) is 0 Å². The number of rotatable bonds is 4. The molecule has 0 aromatic rings. The van der Waals surface area contributed by atoms with E-state index in [0.29, 0.717) is 31.4 Å². The van der Waals surface area contributed by atoms with Crippen LogP contribution >= 0.6 is 11.6 Å². The van der Waals surface area contributed by atoms with Gasteiger partial charge >= 0.3 is 0 Å². The standard InChI is InChI=1S/C15H24ClNO2/c16-10-15(3-5-19-6-4-15)17-14(18)9-13-8-11-1-2-12(13)7-11/h11-13H,1-10H2,(H,17,18). The molecular weight excluding hydrogens is 262 g/mol. The summed E-state index contributed by atoms with van der Waals surface area (Å²) in [7, 11) is 0. The van der Waals surface area contributed by atoms with E-state index in [1.54, 1.807) is 0 Å². The molecule has 2 saturated carbocycles. The summed E-state index contributed by atoms with van der Waals surface area (Å²) in [5.74, 6) is 3.06. The Labute approximate surface area is 120 Å². The van der Waals surface area contributed by atoms with E-state index in [4.69, 9.17) is 16.3 Å². The fraction of sp³-hybridized carbons (Fsp3) is 0.933. The first-order valence-electron chi connectivity index (χ1n) is 7.65. The third-order valence-corrected chi connectivity index (χ3v) is 5.95. The maximum atomic E-state index is 12.3. The lowest BCUT2D eigenvalue weighted by molar-refractivity contribution is -0.125. The highest BCUT2D eigenvalue weighted by atomic mass is 35.5. The van der Waals surface area contributed by atoms with Gasteiger partial charge in [-0.1, -0.05) is 6.42 Å². The summed E-state index contributed by atoms with van der Waals surface area (Å²) in [5, 5.41) is 3.22. The highest BCUT2D eigenvalue weighted by molar-refractivity contribution is 6.18. The molecule has 0 spiro atoms. The molecule has 0 aromatic carbocycles. The van der Waals surface area contributed by atoms with Gasteiger partial charge in [0.05, 0.1) is 5.54 Å². The molecule has 1 amide bonds. The lowest BCUT2D eigenvalue weighted by atomic mass is 9.85. The highest BCUT2D eigenvalue weighted by Gasteiger charge is 2.41. The van der Waals surface area contributed by atoms with E-state index < -0.39 is 0 Å². The first-order chi connectivity index (χ1) is 9.21. The molecule has 0 radical (unpaired) electrons. The number of ether oxygens (including phenoxy) is 1. The van der Waals surface area contributed by atoms with E-state index in [1.165, 1.54) is 25.7 Å². The second kappa shape index (κ2) is 5.61. The maximum absolute atomic E-state index is 12.3. The number of alkyl halides is 1. The lowest BCUT2D eigenvalue weighted by Gasteiger charge is -2.37. The number of carbonyl (C=O) groups is 1. The first-order valence-corrected chi connectivity index (χ1v) is 8.19. The zero-order valence-electron chi connectivity index (χ0n) is 11.5. The molecule has 2 aliphatic carbocycles. The number of fused-ring (bicyclic) bond motifs is 2. The Morgan fingerprint density at radius 2 is 2.05 bits per heavy atom. The van der Waals surface area contributed by atoms with E-state index in [2.05, 4.69) is 5.32 Å². The Balaban J connectivity index is 1.52. The van der Waals surface area contributed by atoms with E-state index >= 15 is 0 Å². The predicted molar refractivity (Wildman–Crippen MR) is 75.2 cm³/mol. The van der Waals surface area contributed by atoms with Crippen LogP contribution in [0.1, 0.15) is 44.9 Å². The third kappa shape index (κ3) is 2.92. The van der Waals surface area contributed by atoms with Crippen LogP contribution in [0.2, 0.25) is 0 Å². The molecule has 3 fully saturated rings. The summed E-state index contributed by atoms with van der Waals surface area (Å²) >= 11 is 6.09. The minimum Gasteiger partial charge on any atom is -0.381 e. The van der Waals surface area contributed by atoms with E-state index in [1.807, 2.05) is 0 Å². The SMILES string of the molecule is O=C(CC1CC2CCC1C2)NC1(CCl)CCOCC1. The van der Waals surface area contributed by atoms with Crippen molar-refractivity contribution in [1.29, 1.82) is 0 Å². The topological polar surface area (TPSA) is 38.3 Å². The molecule has 3 nitrogen and oxygen atoms in total. The minimum atomic E-state index is -0.214. The normalized spacial score (nSPS) is 36.4. The molecule has 3 aliphatic rings. The van der Waals surface area contributed by atoms with Gasteiger partial charge in [-0.25, -0.2) is 0 Å². The largest absolute Gasteiger partial charge is 0.381 e. The summed E-state index contributed by atoms with van der Waals surface area (Å²) in [4.78, 5) is 12.3. The van der Waals surface area contributed by atoms with Crippen molar-refractivity contribution in [3.05, 3.63) is 0 Å². The van der Waals surface area contributed by atoms with Gasteiger partial charge in [-0.15, -0.1) is 11.6 Å². The fourth-order valence-electron chi connectivity index (χ4n) is 4.27. The van der Waals surface area contributed by atoms with Crippen LogP contribution in [0.5, 0.6) is 0 Å². The number of halogens is 1. The summed E-state index contributed by atoms with van der Waals surface area (Å²) in [6.45, 7) is 1.42. The molecule has 0 aromatic heterocycles. The van der Waals surface area contributed by atoms with Crippen molar-refractivity contribution >= 4 is 17.5 Å². The van der Waals surface area contributed by atoms with E-state index in [0.717, 1.165) is 24.7 Å². The van der Waals surface area contributed by atoms with Crippen LogP contribution in [-0.2, 0) is 9.53 Å². The molecule has 108 valence electrons. The molecule has 1 saturated heterocycles. The lowest BCUT2D eigenvalue weighted by Crippen LogP contribution is -2.53. The van der Waals surface area contributed by atoms with E-state index in [-0.39, 0.29) is 11.4 Å². The van der Waals surface area contributed by atoms with Crippen molar-refractivity contribution in [2.45, 2.75) is 50.5 Å². The number of hydrogen-bond donors (Lipinski definition) is 1. The third-order valence-electron chi connectivity index (χ3n) is 5.44. The van der Waals surface area contributed by atoms with Crippen LogP contribution in [0.3, 0.4) is 0 Å². The Morgan fingerprint density at radius 1 is 1.26 bits per heavy atom. The van der Waals surface area contributed by atoms with Gasteiger partial charge in [0, 0.05) is 25.5 Å². The number of amides is 1. The zero-order chi connectivity index (χ0) is 13.3. The molecule has 2 bridgehead atoms. The summed E-state index contributed by atoms with van der Waals surface area (Å²) < 4.78 is 5.37. The van der Waals surface area contributed by atoms with Crippen LogP contribution in [0, 0.1) is 17.8 Å². The van der Waals surface area contributed by atoms with Crippen LogP contribution in [0.15, 0.2) is 0 Å². The van der Waals surface area contributed by atoms with Gasteiger partial charge in [-0.2, -0.15) is 0 Å². The van der Waals surface area contributed by atoms with Gasteiger partial charge in [-0.05, 0) is 49.9 Å². The number of carbonyl (C=O) groups excluding carboxylic acids is 1. The van der Waals surface area contributed by atoms with E-state index in [9.17, 15) is 4.79 Å². The van der Waals surface area contributed by atoms with Gasteiger partial charge in [0.2, 0.25) is 5.91 Å². The van der Waals surface area contributed by atoms with Crippen molar-refractivity contribution in [3.63, 3.8) is 0 Å². The molecule has 3 rings (SSSR count). The summed E-state index contributed by atoms with van der Waals surface area (Å²) in [6.07, 6.45) is 7.78. The second-order valence-electron chi connectivity index (χ2n) is 6.71. The average molecular weight is 286 g/mol. The quantitative estimate of drug-likeness (QED) is 0.807. The maximum Gasteiger partial charge on any atom is 0.220 e. The number of hydrogen-bond acceptors (Lipinski definition) is 2. The molecular formula is C15H24ClNO2. The van der Waals surface area contributed by atoms with Crippen LogP contribution in [0.25, 0.3) is 0 Å². The molecule has 1 aliphatic heterocycles. The molecule has 1 N–H and O–H groups in total. The van der Waals surface area contributed by atoms with Gasteiger partial charge in [0.15, 0.2) is 0 Å². The molecule has 19 heavy (non-hydrogen) atoms. The molecule has 3 unspecified atom stereocenters. The van der Waals surface area contributed by atoms with Crippen molar-refractivity contribution in [3.8, 4) is 0 Å². The fourth-order valence-corrected chi connectivity index (χ4v) is 4.60. The van der Waals surface area contributed by atoms with Crippen molar-refractivity contribution < 1.29 is 9.53 Å². The average Bonchev–Trinajstić information content (AvgIpc) is 3.02. The molecule has 3 atom stereocenters. The minimum absolute atomic E-state index is 0.208. The van der Waals surface area contributed by atoms with Crippen LogP contribution < -0.4 is 5.32 Å². The van der Waals surface area contributed by atoms with Crippen molar-refractivity contribution in [2.24, 2.45) is 17.8 Å². The highest BCUT2D eigenvalue weighted by Crippen LogP contribution is 2.49. The van der Waals surface area contributed by atoms with Crippen molar-refractivity contribution in [1.82, 2.24) is 5.32 Å². The zero-order valence-corrected chi connectivity index (χ0v) is 12.3. The van der Waals surface area contributed by atoms with Gasteiger partial charge in [0.1, 0.15) is 0 Å². The first kappa shape index (κ1) is 13.7. The number of nitrogens with one attached hydrogen (secondary N) is 1.